The number of carbonyl (C=O) groups excluding carboxylic acids is 1. The minimum Gasteiger partial charge on any atom is -0.476 e. The first-order chi connectivity index (χ1) is 15.6. The topological polar surface area (TPSA) is 97.8 Å². The van der Waals surface area contributed by atoms with Crippen molar-refractivity contribution in [2.75, 3.05) is 25.1 Å². The summed E-state index contributed by atoms with van der Waals surface area (Å²) in [5.74, 6) is -1.06. The number of carboxylic acid groups (broad SMARTS) is 1. The van der Waals surface area contributed by atoms with Crippen molar-refractivity contribution in [1.29, 1.82) is 0 Å². The summed E-state index contributed by atoms with van der Waals surface area (Å²) in [5.41, 5.74) is 4.57. The van der Waals surface area contributed by atoms with E-state index in [9.17, 15) is 14.7 Å². The zero-order valence-electron chi connectivity index (χ0n) is 17.2. The number of benzene rings is 2. The number of hydrogen-bond donors (Lipinski definition) is 2. The zero-order valence-corrected chi connectivity index (χ0v) is 18.1. The highest BCUT2D eigenvalue weighted by Gasteiger charge is 2.30. The lowest BCUT2D eigenvalue weighted by Gasteiger charge is -2.20. The van der Waals surface area contributed by atoms with Gasteiger partial charge in [-0.25, -0.2) is 14.6 Å². The van der Waals surface area contributed by atoms with Crippen molar-refractivity contribution in [3.63, 3.8) is 0 Å². The van der Waals surface area contributed by atoms with E-state index in [0.717, 1.165) is 35.1 Å². The smallest absolute Gasteiger partial charge is 0.413 e. The average Bonchev–Trinajstić information content (AvgIpc) is 3.38. The fourth-order valence-electron chi connectivity index (χ4n) is 4.50. The second kappa shape index (κ2) is 8.72. The Morgan fingerprint density at radius 1 is 1.06 bits per heavy atom. The fourth-order valence-corrected chi connectivity index (χ4v) is 5.61. The molecule has 0 saturated carbocycles. The van der Waals surface area contributed by atoms with Gasteiger partial charge in [0.15, 0.2) is 10.8 Å². The molecule has 0 unspecified atom stereocenters. The normalized spacial score (nSPS) is 15.8. The fraction of sp³-hybridized carbons (Fsp3) is 0.292. The summed E-state index contributed by atoms with van der Waals surface area (Å²) in [6, 6.07) is 16.2. The van der Waals surface area contributed by atoms with Crippen LogP contribution in [0.25, 0.3) is 11.1 Å². The number of ether oxygens (including phenoxy) is 2. The summed E-state index contributed by atoms with van der Waals surface area (Å²) in [6.45, 7) is 1.37. The van der Waals surface area contributed by atoms with Gasteiger partial charge < -0.3 is 14.6 Å². The molecule has 0 atom stereocenters. The van der Waals surface area contributed by atoms with Gasteiger partial charge in [-0.05, 0) is 35.1 Å². The summed E-state index contributed by atoms with van der Waals surface area (Å²) in [5, 5.41) is 12.4. The molecule has 2 N–H and O–H groups in total. The Morgan fingerprint density at radius 3 is 2.31 bits per heavy atom. The van der Waals surface area contributed by atoms with Crippen LogP contribution in [0.1, 0.15) is 51.2 Å². The molecule has 5 rings (SSSR count). The van der Waals surface area contributed by atoms with Crippen molar-refractivity contribution in [2.24, 2.45) is 0 Å². The lowest BCUT2D eigenvalue weighted by molar-refractivity contribution is 0.0680. The van der Waals surface area contributed by atoms with Gasteiger partial charge in [0, 0.05) is 29.9 Å². The highest BCUT2D eigenvalue weighted by atomic mass is 32.1. The van der Waals surface area contributed by atoms with E-state index >= 15 is 0 Å². The third kappa shape index (κ3) is 3.87. The van der Waals surface area contributed by atoms with Gasteiger partial charge in [0.2, 0.25) is 0 Å². The van der Waals surface area contributed by atoms with Crippen molar-refractivity contribution in [2.45, 2.75) is 24.7 Å². The number of carboxylic acids is 1. The average molecular weight is 451 g/mol. The van der Waals surface area contributed by atoms with E-state index in [1.807, 2.05) is 24.3 Å². The second-order valence-corrected chi connectivity index (χ2v) is 8.90. The van der Waals surface area contributed by atoms with Crippen LogP contribution < -0.4 is 5.32 Å². The predicted molar refractivity (Wildman–Crippen MR) is 121 cm³/mol. The van der Waals surface area contributed by atoms with E-state index in [4.69, 9.17) is 9.47 Å². The minimum absolute atomic E-state index is 0.00384. The first-order valence-corrected chi connectivity index (χ1v) is 11.4. The maximum absolute atomic E-state index is 12.5. The number of hydrogen-bond acceptors (Lipinski definition) is 6. The molecule has 0 bridgehead atoms. The molecular weight excluding hydrogens is 428 g/mol. The van der Waals surface area contributed by atoms with E-state index in [0.29, 0.717) is 18.1 Å². The molecule has 8 heteroatoms. The number of nitrogens with zero attached hydrogens (tertiary/aromatic N) is 1. The predicted octanol–water partition coefficient (Wildman–Crippen LogP) is 5.10. The van der Waals surface area contributed by atoms with Gasteiger partial charge in [0.1, 0.15) is 6.61 Å². The van der Waals surface area contributed by atoms with Crippen molar-refractivity contribution in [1.82, 2.24) is 4.98 Å². The van der Waals surface area contributed by atoms with Gasteiger partial charge in [-0.3, -0.25) is 5.32 Å². The number of carbonyl (C=O) groups is 2. The third-order valence-corrected chi connectivity index (χ3v) is 7.13. The Morgan fingerprint density at radius 2 is 1.69 bits per heavy atom. The van der Waals surface area contributed by atoms with Gasteiger partial charge in [0.25, 0.3) is 0 Å². The maximum Gasteiger partial charge on any atom is 0.413 e. The third-order valence-electron chi connectivity index (χ3n) is 6.00. The van der Waals surface area contributed by atoms with Gasteiger partial charge in [-0.2, -0.15) is 0 Å². The van der Waals surface area contributed by atoms with Crippen LogP contribution in [0, 0.1) is 0 Å². The molecule has 3 aromatic rings. The molecule has 0 spiro atoms. The van der Waals surface area contributed by atoms with E-state index < -0.39 is 12.1 Å². The summed E-state index contributed by atoms with van der Waals surface area (Å²) in [4.78, 5) is 29.0. The van der Waals surface area contributed by atoms with Crippen LogP contribution in [0.4, 0.5) is 9.93 Å². The number of anilines is 1. The molecule has 1 aliphatic heterocycles. The summed E-state index contributed by atoms with van der Waals surface area (Å²) in [7, 11) is 0. The number of aromatic carboxylic acids is 1. The molecule has 1 fully saturated rings. The zero-order chi connectivity index (χ0) is 22.1. The molecule has 1 aliphatic carbocycles. The Balaban J connectivity index is 1.29. The van der Waals surface area contributed by atoms with Crippen LogP contribution in [-0.2, 0) is 9.47 Å². The Hall–Kier alpha value is -3.23. The van der Waals surface area contributed by atoms with E-state index in [1.54, 1.807) is 0 Å². The minimum atomic E-state index is -1.09. The first kappa shape index (κ1) is 20.7. The highest BCUT2D eigenvalue weighted by Crippen LogP contribution is 2.44. The number of fused-ring (bicyclic) bond motifs is 3. The molecule has 2 aromatic carbocycles. The van der Waals surface area contributed by atoms with Crippen molar-refractivity contribution in [3.05, 3.63) is 70.2 Å². The van der Waals surface area contributed by atoms with E-state index in [2.05, 4.69) is 34.6 Å². The Kier molecular flexibility index (Phi) is 5.63. The maximum atomic E-state index is 12.5. The number of nitrogens with one attached hydrogen (secondary N) is 1. The van der Waals surface area contributed by atoms with Crippen molar-refractivity contribution < 1.29 is 24.2 Å². The number of thiazole rings is 1. The number of rotatable bonds is 5. The second-order valence-electron chi connectivity index (χ2n) is 7.87. The first-order valence-electron chi connectivity index (χ1n) is 10.6. The molecule has 2 aliphatic rings. The van der Waals surface area contributed by atoms with Crippen molar-refractivity contribution in [3.8, 4) is 11.1 Å². The van der Waals surface area contributed by atoms with Gasteiger partial charge in [-0.15, -0.1) is 11.3 Å². The molecular formula is C24H22N2O5S. The Labute approximate surface area is 189 Å². The Bertz CT molecular complexity index is 1120. The van der Waals surface area contributed by atoms with Gasteiger partial charge >= 0.3 is 12.1 Å². The van der Waals surface area contributed by atoms with Crippen LogP contribution in [0.2, 0.25) is 0 Å². The van der Waals surface area contributed by atoms with Gasteiger partial charge in [-0.1, -0.05) is 48.5 Å². The van der Waals surface area contributed by atoms with Crippen LogP contribution in [0.5, 0.6) is 0 Å². The number of amides is 1. The van der Waals surface area contributed by atoms with Crippen molar-refractivity contribution >= 4 is 28.5 Å². The van der Waals surface area contributed by atoms with Crippen LogP contribution in [-0.4, -0.2) is 42.0 Å². The molecule has 164 valence electrons. The standard InChI is InChI=1S/C24H22N2O5S/c27-22(28)20-21(14-9-11-30-12-10-14)32-23(25-20)26-24(29)31-13-19-17-7-3-1-5-15(17)16-6-2-4-8-18(16)19/h1-8,14,19H,9-13H2,(H,27,28)(H,25,26,29). The monoisotopic (exact) mass is 450 g/mol. The quantitative estimate of drug-likeness (QED) is 0.562. The van der Waals surface area contributed by atoms with E-state index in [1.165, 1.54) is 11.3 Å². The van der Waals surface area contributed by atoms with Crippen LogP contribution in [0.15, 0.2) is 48.5 Å². The SMILES string of the molecule is O=C(Nc1nc(C(=O)O)c(C2CCOCC2)s1)OCC1c2ccccc2-c2ccccc21. The molecule has 1 amide bonds. The molecule has 7 nitrogen and oxygen atoms in total. The largest absolute Gasteiger partial charge is 0.476 e. The summed E-state index contributed by atoms with van der Waals surface area (Å²) in [6.07, 6.45) is 0.843. The van der Waals surface area contributed by atoms with Crippen LogP contribution in [0.3, 0.4) is 0 Å². The summed E-state index contributed by atoms with van der Waals surface area (Å²) >= 11 is 1.20. The van der Waals surface area contributed by atoms with Gasteiger partial charge in [0.05, 0.1) is 0 Å². The number of aromatic nitrogens is 1. The molecule has 0 radical (unpaired) electrons. The lowest BCUT2D eigenvalue weighted by Crippen LogP contribution is -2.18. The van der Waals surface area contributed by atoms with E-state index in [-0.39, 0.29) is 29.3 Å². The highest BCUT2D eigenvalue weighted by molar-refractivity contribution is 7.16. The molecule has 1 saturated heterocycles. The molecule has 32 heavy (non-hydrogen) atoms. The molecule has 1 aromatic heterocycles. The lowest BCUT2D eigenvalue weighted by atomic mass is 9.97. The van der Waals surface area contributed by atoms with Crippen LogP contribution >= 0.6 is 11.3 Å². The molecule has 2 heterocycles. The summed E-state index contributed by atoms with van der Waals surface area (Å²) < 4.78 is 10.9.